The van der Waals surface area contributed by atoms with Gasteiger partial charge in [0.15, 0.2) is 0 Å². The van der Waals surface area contributed by atoms with Gasteiger partial charge in [-0.3, -0.25) is 4.98 Å². The largest absolute Gasteiger partial charge is 0.256 e. The number of hydrogen-bond acceptors (Lipinski definition) is 1. The van der Waals surface area contributed by atoms with E-state index >= 15 is 0 Å². The highest BCUT2D eigenvalue weighted by atomic mass is 14.7. The van der Waals surface area contributed by atoms with Gasteiger partial charge in [-0.05, 0) is 93.1 Å². The summed E-state index contributed by atoms with van der Waals surface area (Å²) in [6.07, 6.45) is 3.02. The molecule has 0 bridgehead atoms. The van der Waals surface area contributed by atoms with E-state index in [1.165, 1.54) is 54.6 Å². The highest BCUT2D eigenvalue weighted by Crippen LogP contribution is 2.36. The summed E-state index contributed by atoms with van der Waals surface area (Å²) in [5.74, 6) is 1.10. The van der Waals surface area contributed by atoms with Crippen LogP contribution < -0.4 is 0 Å². The van der Waals surface area contributed by atoms with Crippen molar-refractivity contribution in [2.45, 2.75) is 47.0 Å². The van der Waals surface area contributed by atoms with Crippen molar-refractivity contribution in [1.29, 1.82) is 0 Å². The zero-order valence-electron chi connectivity index (χ0n) is 19.7. The summed E-state index contributed by atoms with van der Waals surface area (Å²) in [7, 11) is 0. The van der Waals surface area contributed by atoms with Gasteiger partial charge in [0.25, 0.3) is 0 Å². The molecule has 0 aliphatic rings. The van der Waals surface area contributed by atoms with Crippen LogP contribution in [-0.2, 0) is 6.42 Å². The molecule has 32 heavy (non-hydrogen) atoms. The van der Waals surface area contributed by atoms with Gasteiger partial charge in [0, 0.05) is 17.1 Å². The molecule has 5 rings (SSSR count). The van der Waals surface area contributed by atoms with E-state index in [-0.39, 0.29) is 0 Å². The third-order valence-electron chi connectivity index (χ3n) is 6.60. The first-order valence-corrected chi connectivity index (χ1v) is 11.8. The number of hydrogen-bond donors (Lipinski definition) is 0. The van der Waals surface area contributed by atoms with Crippen molar-refractivity contribution < 1.29 is 0 Å². The minimum absolute atomic E-state index is 0.516. The molecule has 160 valence electrons. The summed E-state index contributed by atoms with van der Waals surface area (Å²) in [6, 6.07) is 24.8. The van der Waals surface area contributed by atoms with Crippen LogP contribution in [0.2, 0.25) is 0 Å². The fourth-order valence-electron chi connectivity index (χ4n) is 5.17. The van der Waals surface area contributed by atoms with Gasteiger partial charge in [0.1, 0.15) is 0 Å². The van der Waals surface area contributed by atoms with Gasteiger partial charge >= 0.3 is 0 Å². The summed E-state index contributed by atoms with van der Waals surface area (Å²) >= 11 is 0. The monoisotopic (exact) mass is 417 g/mol. The average molecular weight is 418 g/mol. The Balaban J connectivity index is 1.80. The number of pyridine rings is 1. The Morgan fingerprint density at radius 3 is 2.31 bits per heavy atom. The molecule has 0 fully saturated rings. The van der Waals surface area contributed by atoms with Crippen LogP contribution in [-0.4, -0.2) is 4.98 Å². The SMILES string of the molecule is Cc1cc2c(-c3cc(CC(C)C)c4c(ccc5ccccc54)c3)nccc2cc1C(C)C. The number of nitrogens with zero attached hydrogens (tertiary/aromatic N) is 1. The fourth-order valence-corrected chi connectivity index (χ4v) is 5.17. The van der Waals surface area contributed by atoms with E-state index in [9.17, 15) is 0 Å². The van der Waals surface area contributed by atoms with E-state index in [1.807, 2.05) is 6.20 Å². The van der Waals surface area contributed by atoms with E-state index in [0.717, 1.165) is 12.1 Å². The maximum absolute atomic E-state index is 4.88. The standard InChI is InChI=1S/C31H31N/c1-19(2)14-25-17-26(16-24-11-10-22-8-6-7-9-27(22)30(24)25)31-29-15-21(5)28(20(3)4)18-23(29)12-13-32-31/h6-13,15-20H,14H2,1-5H3. The molecular weight excluding hydrogens is 386 g/mol. The quantitative estimate of drug-likeness (QED) is 0.266. The molecule has 1 heteroatoms. The third kappa shape index (κ3) is 3.56. The Morgan fingerprint density at radius 1 is 0.750 bits per heavy atom. The molecule has 0 saturated carbocycles. The van der Waals surface area contributed by atoms with Crippen molar-refractivity contribution in [2.75, 3.05) is 0 Å². The van der Waals surface area contributed by atoms with Crippen molar-refractivity contribution in [3.63, 3.8) is 0 Å². The van der Waals surface area contributed by atoms with Crippen molar-refractivity contribution >= 4 is 32.3 Å². The average Bonchev–Trinajstić information content (AvgIpc) is 2.77. The Kier molecular flexibility index (Phi) is 5.21. The van der Waals surface area contributed by atoms with Crippen molar-refractivity contribution in [1.82, 2.24) is 4.98 Å². The van der Waals surface area contributed by atoms with Crippen LogP contribution in [0.25, 0.3) is 43.6 Å². The molecule has 1 aromatic heterocycles. The lowest BCUT2D eigenvalue weighted by Crippen LogP contribution is -1.98. The minimum Gasteiger partial charge on any atom is -0.256 e. The lowest BCUT2D eigenvalue weighted by atomic mass is 9.89. The van der Waals surface area contributed by atoms with E-state index in [4.69, 9.17) is 4.98 Å². The molecule has 0 aliphatic heterocycles. The predicted molar refractivity (Wildman–Crippen MR) is 140 cm³/mol. The second kappa shape index (κ2) is 8.06. The van der Waals surface area contributed by atoms with Crippen LogP contribution in [0.15, 0.2) is 72.9 Å². The van der Waals surface area contributed by atoms with Gasteiger partial charge in [-0.2, -0.15) is 0 Å². The zero-order valence-corrected chi connectivity index (χ0v) is 19.7. The van der Waals surface area contributed by atoms with Crippen molar-refractivity contribution in [3.05, 3.63) is 89.6 Å². The Labute approximate surface area is 191 Å². The normalized spacial score (nSPS) is 12.0. The smallest absolute Gasteiger partial charge is 0.0780 e. The molecule has 0 saturated heterocycles. The summed E-state index contributed by atoms with van der Waals surface area (Å²) in [6.45, 7) is 11.4. The molecule has 0 atom stereocenters. The molecule has 0 radical (unpaired) electrons. The van der Waals surface area contributed by atoms with E-state index < -0.39 is 0 Å². The number of rotatable bonds is 4. The minimum atomic E-state index is 0.516. The maximum Gasteiger partial charge on any atom is 0.0780 e. The Morgan fingerprint density at radius 2 is 1.53 bits per heavy atom. The molecule has 1 heterocycles. The second-order valence-electron chi connectivity index (χ2n) is 9.86. The summed E-state index contributed by atoms with van der Waals surface area (Å²) in [5, 5.41) is 7.84. The number of fused-ring (bicyclic) bond motifs is 4. The van der Waals surface area contributed by atoms with Gasteiger partial charge < -0.3 is 0 Å². The van der Waals surface area contributed by atoms with Crippen LogP contribution in [0.5, 0.6) is 0 Å². The molecule has 4 aromatic carbocycles. The first-order chi connectivity index (χ1) is 15.4. The number of aryl methyl sites for hydroxylation is 1. The van der Waals surface area contributed by atoms with Gasteiger partial charge in [-0.15, -0.1) is 0 Å². The second-order valence-corrected chi connectivity index (χ2v) is 9.86. The Bertz CT molecular complexity index is 1460. The molecule has 0 amide bonds. The zero-order chi connectivity index (χ0) is 22.4. The molecule has 0 spiro atoms. The van der Waals surface area contributed by atoms with Crippen LogP contribution in [0.4, 0.5) is 0 Å². The maximum atomic E-state index is 4.88. The molecule has 5 aromatic rings. The molecule has 0 aliphatic carbocycles. The van der Waals surface area contributed by atoms with E-state index in [0.29, 0.717) is 11.8 Å². The highest BCUT2D eigenvalue weighted by molar-refractivity contribution is 6.11. The van der Waals surface area contributed by atoms with Gasteiger partial charge in [0.05, 0.1) is 5.69 Å². The van der Waals surface area contributed by atoms with Gasteiger partial charge in [-0.1, -0.05) is 70.2 Å². The van der Waals surface area contributed by atoms with Gasteiger partial charge in [-0.25, -0.2) is 0 Å². The molecule has 0 unspecified atom stereocenters. The summed E-state index contributed by atoms with van der Waals surface area (Å²) in [5.41, 5.74) is 6.47. The summed E-state index contributed by atoms with van der Waals surface area (Å²) < 4.78 is 0. The highest BCUT2D eigenvalue weighted by Gasteiger charge is 2.14. The first-order valence-electron chi connectivity index (χ1n) is 11.8. The fraction of sp³-hybridized carbons (Fsp3) is 0.258. The number of benzene rings is 4. The van der Waals surface area contributed by atoms with Crippen LogP contribution in [0.1, 0.15) is 50.3 Å². The van der Waals surface area contributed by atoms with Crippen LogP contribution >= 0.6 is 0 Å². The Hall–Kier alpha value is -3.19. The first kappa shape index (κ1) is 20.7. The van der Waals surface area contributed by atoms with E-state index in [1.54, 1.807) is 0 Å². The van der Waals surface area contributed by atoms with Gasteiger partial charge in [0.2, 0.25) is 0 Å². The van der Waals surface area contributed by atoms with E-state index in [2.05, 4.69) is 101 Å². The molecule has 1 nitrogen and oxygen atoms in total. The van der Waals surface area contributed by atoms with Crippen LogP contribution in [0.3, 0.4) is 0 Å². The lowest BCUT2D eigenvalue weighted by molar-refractivity contribution is 0.650. The van der Waals surface area contributed by atoms with Crippen LogP contribution in [0, 0.1) is 12.8 Å². The lowest BCUT2D eigenvalue weighted by Gasteiger charge is -2.16. The summed E-state index contributed by atoms with van der Waals surface area (Å²) in [4.78, 5) is 4.88. The molecular formula is C31H31N. The third-order valence-corrected chi connectivity index (χ3v) is 6.60. The molecule has 0 N–H and O–H groups in total. The van der Waals surface area contributed by atoms with Crippen molar-refractivity contribution in [3.8, 4) is 11.3 Å². The van der Waals surface area contributed by atoms with Crippen molar-refractivity contribution in [2.24, 2.45) is 5.92 Å². The number of aromatic nitrogens is 1. The predicted octanol–water partition coefficient (Wildman–Crippen LogP) is 8.84. The topological polar surface area (TPSA) is 12.9 Å².